The number of carbonyl (C=O) groups excluding carboxylic acids is 1. The predicted molar refractivity (Wildman–Crippen MR) is 83.3 cm³/mol. The Balaban J connectivity index is 0.000000170. The lowest BCUT2D eigenvalue weighted by Crippen LogP contribution is -2.39. The average molecular weight is 305 g/mol. The second-order valence-electron chi connectivity index (χ2n) is 6.22. The van der Waals surface area contributed by atoms with Crippen LogP contribution in [0.4, 0.5) is 4.79 Å². The van der Waals surface area contributed by atoms with Crippen molar-refractivity contribution in [2.45, 2.75) is 45.6 Å². The summed E-state index contributed by atoms with van der Waals surface area (Å²) < 4.78 is 5.26. The Bertz CT molecular complexity index is 569. The minimum atomic E-state index is -0.367. The molecule has 3 rings (SSSR count). The number of H-pyrrole nitrogens is 1. The summed E-state index contributed by atoms with van der Waals surface area (Å²) in [6, 6.07) is 0. The summed E-state index contributed by atoms with van der Waals surface area (Å²) in [7, 11) is 0. The molecule has 1 N–H and O–H groups in total. The first-order valence-corrected chi connectivity index (χ1v) is 7.53. The molecule has 1 saturated heterocycles. The van der Waals surface area contributed by atoms with Gasteiger partial charge < -0.3 is 9.64 Å². The molecule has 3 heterocycles. The maximum absolute atomic E-state index is 11.5. The Hall–Kier alpha value is -2.18. The van der Waals surface area contributed by atoms with Crippen LogP contribution in [-0.4, -0.2) is 49.8 Å². The van der Waals surface area contributed by atoms with Gasteiger partial charge in [0.25, 0.3) is 0 Å². The van der Waals surface area contributed by atoms with E-state index in [0.717, 1.165) is 37.0 Å². The Morgan fingerprint density at radius 2 is 1.95 bits per heavy atom. The number of hydrogen-bond donors (Lipinski definition) is 1. The lowest BCUT2D eigenvalue weighted by molar-refractivity contribution is 0.0216. The zero-order chi connectivity index (χ0) is 16.0. The molecule has 0 aliphatic carbocycles. The molecule has 2 aromatic heterocycles. The highest BCUT2D eigenvalue weighted by molar-refractivity contribution is 5.71. The maximum atomic E-state index is 11.5. The Morgan fingerprint density at radius 3 is 2.59 bits per heavy atom. The average Bonchev–Trinajstić information content (AvgIpc) is 2.95. The van der Waals surface area contributed by atoms with E-state index >= 15 is 0 Å². The molecule has 1 aliphatic heterocycles. The molecule has 0 radical (unpaired) electrons. The van der Waals surface area contributed by atoms with Crippen molar-refractivity contribution in [1.29, 1.82) is 0 Å². The Labute approximate surface area is 130 Å². The van der Waals surface area contributed by atoms with Gasteiger partial charge >= 0.3 is 6.09 Å². The zero-order valence-electron chi connectivity index (χ0n) is 13.4. The number of nitrogens with one attached hydrogen (secondary N) is 1. The summed E-state index contributed by atoms with van der Waals surface area (Å²) in [6.45, 7) is 7.41. The normalized spacial score (nSPS) is 15.1. The first-order valence-electron chi connectivity index (χ1n) is 7.53. The number of aromatic nitrogens is 4. The maximum Gasteiger partial charge on any atom is 0.410 e. The predicted octanol–water partition coefficient (Wildman–Crippen LogP) is 2.76. The molecule has 7 heteroatoms. The van der Waals surface area contributed by atoms with Gasteiger partial charge in [0.1, 0.15) is 23.0 Å². The van der Waals surface area contributed by atoms with Crippen LogP contribution >= 0.6 is 0 Å². The van der Waals surface area contributed by atoms with E-state index in [1.807, 2.05) is 20.8 Å². The molecule has 1 fully saturated rings. The lowest BCUT2D eigenvalue weighted by Gasteiger charge is -2.29. The van der Waals surface area contributed by atoms with Crippen molar-refractivity contribution in [2.75, 3.05) is 13.1 Å². The second-order valence-corrected chi connectivity index (χ2v) is 6.22. The molecule has 0 bridgehead atoms. The number of fused-ring (bicyclic) bond motifs is 1. The van der Waals surface area contributed by atoms with E-state index in [0.29, 0.717) is 0 Å². The molecule has 22 heavy (non-hydrogen) atoms. The van der Waals surface area contributed by atoms with E-state index < -0.39 is 0 Å². The van der Waals surface area contributed by atoms with Gasteiger partial charge in [0.05, 0.1) is 12.4 Å². The zero-order valence-corrected chi connectivity index (χ0v) is 13.4. The van der Waals surface area contributed by atoms with E-state index in [1.165, 1.54) is 12.7 Å². The number of amides is 1. The number of nitrogens with zero attached hydrogens (tertiary/aromatic N) is 4. The number of carbonyl (C=O) groups is 1. The summed E-state index contributed by atoms with van der Waals surface area (Å²) in [4.78, 5) is 21.1. The topological polar surface area (TPSA) is 84.0 Å². The van der Waals surface area contributed by atoms with Crippen LogP contribution in [0.1, 0.15) is 40.0 Å². The third-order valence-corrected chi connectivity index (χ3v) is 3.12. The van der Waals surface area contributed by atoms with Crippen LogP contribution < -0.4 is 0 Å². The molecule has 120 valence electrons. The third kappa shape index (κ3) is 4.98. The van der Waals surface area contributed by atoms with Crippen molar-refractivity contribution in [3.8, 4) is 0 Å². The van der Waals surface area contributed by atoms with Crippen LogP contribution in [0.25, 0.3) is 11.0 Å². The molecule has 1 aliphatic rings. The van der Waals surface area contributed by atoms with Crippen molar-refractivity contribution >= 4 is 17.1 Å². The standard InChI is InChI=1S/C10H19NO2.C5H4N4/c1-10(2,3)13-9(12)11-7-5-4-6-8-11;1-5-4(2-8-9-5)7-3-6-1/h4-8H2,1-3H3;1-3H,(H,8,9). The van der Waals surface area contributed by atoms with Crippen LogP contribution in [0.2, 0.25) is 0 Å². The molecular weight excluding hydrogens is 282 g/mol. The number of ether oxygens (including phenoxy) is 1. The summed E-state index contributed by atoms with van der Waals surface area (Å²) in [6.07, 6.45) is 8.15. The van der Waals surface area contributed by atoms with Crippen LogP contribution in [-0.2, 0) is 4.74 Å². The van der Waals surface area contributed by atoms with Crippen molar-refractivity contribution < 1.29 is 9.53 Å². The largest absolute Gasteiger partial charge is 0.444 e. The van der Waals surface area contributed by atoms with Crippen molar-refractivity contribution in [3.05, 3.63) is 18.7 Å². The van der Waals surface area contributed by atoms with Gasteiger partial charge in [-0.05, 0) is 40.0 Å². The van der Waals surface area contributed by atoms with Gasteiger partial charge in [-0.15, -0.1) is 0 Å². The fourth-order valence-corrected chi connectivity index (χ4v) is 2.09. The number of rotatable bonds is 0. The molecule has 2 aromatic rings. The summed E-state index contributed by atoms with van der Waals surface area (Å²) in [5.74, 6) is 0. The molecular formula is C15H23N5O2. The Morgan fingerprint density at radius 1 is 1.23 bits per heavy atom. The van der Waals surface area contributed by atoms with Crippen LogP contribution in [0.3, 0.4) is 0 Å². The van der Waals surface area contributed by atoms with Gasteiger partial charge in [-0.3, -0.25) is 5.10 Å². The van der Waals surface area contributed by atoms with Crippen molar-refractivity contribution in [2.24, 2.45) is 0 Å². The van der Waals surface area contributed by atoms with Crippen molar-refractivity contribution in [1.82, 2.24) is 25.1 Å². The van der Waals surface area contributed by atoms with Crippen LogP contribution in [0.5, 0.6) is 0 Å². The molecule has 1 amide bonds. The van der Waals surface area contributed by atoms with E-state index in [4.69, 9.17) is 4.74 Å². The fraction of sp³-hybridized carbons (Fsp3) is 0.600. The molecule has 0 saturated carbocycles. The molecule has 7 nitrogen and oxygen atoms in total. The van der Waals surface area contributed by atoms with Crippen molar-refractivity contribution in [3.63, 3.8) is 0 Å². The molecule has 0 unspecified atom stereocenters. The monoisotopic (exact) mass is 305 g/mol. The summed E-state index contributed by atoms with van der Waals surface area (Å²) in [5.41, 5.74) is 1.36. The molecule has 0 aromatic carbocycles. The van der Waals surface area contributed by atoms with E-state index in [-0.39, 0.29) is 11.7 Å². The highest BCUT2D eigenvalue weighted by Crippen LogP contribution is 2.14. The van der Waals surface area contributed by atoms with Crippen LogP contribution in [0, 0.1) is 0 Å². The van der Waals surface area contributed by atoms with Gasteiger partial charge in [0.15, 0.2) is 0 Å². The third-order valence-electron chi connectivity index (χ3n) is 3.12. The fourth-order valence-electron chi connectivity index (χ4n) is 2.09. The van der Waals surface area contributed by atoms with Crippen LogP contribution in [0.15, 0.2) is 18.7 Å². The lowest BCUT2D eigenvalue weighted by atomic mass is 10.1. The van der Waals surface area contributed by atoms with Gasteiger partial charge in [-0.1, -0.05) is 0 Å². The minimum Gasteiger partial charge on any atom is -0.444 e. The first-order chi connectivity index (χ1) is 10.5. The van der Waals surface area contributed by atoms with Gasteiger partial charge in [-0.2, -0.15) is 5.10 Å². The highest BCUT2D eigenvalue weighted by atomic mass is 16.6. The summed E-state index contributed by atoms with van der Waals surface area (Å²) >= 11 is 0. The smallest absolute Gasteiger partial charge is 0.410 e. The first kappa shape index (κ1) is 16.2. The quantitative estimate of drug-likeness (QED) is 0.809. The number of piperidine rings is 1. The molecule has 0 atom stereocenters. The van der Waals surface area contributed by atoms with E-state index in [9.17, 15) is 4.79 Å². The molecule has 0 spiro atoms. The van der Waals surface area contributed by atoms with Gasteiger partial charge in [0.2, 0.25) is 0 Å². The number of likely N-dealkylation sites (tertiary alicyclic amines) is 1. The van der Waals surface area contributed by atoms with Gasteiger partial charge in [0, 0.05) is 13.1 Å². The Kier molecular flexibility index (Phi) is 5.30. The highest BCUT2D eigenvalue weighted by Gasteiger charge is 2.22. The second kappa shape index (κ2) is 7.20. The van der Waals surface area contributed by atoms with Gasteiger partial charge in [-0.25, -0.2) is 14.8 Å². The SMILES string of the molecule is CC(C)(C)OC(=O)N1CCCCC1.c1ncc2[nH]ncc2n1. The minimum absolute atomic E-state index is 0.160. The summed E-state index contributed by atoms with van der Waals surface area (Å²) in [5, 5.41) is 6.52. The van der Waals surface area contributed by atoms with E-state index in [2.05, 4.69) is 20.2 Å². The van der Waals surface area contributed by atoms with E-state index in [1.54, 1.807) is 17.3 Å². The number of hydrogen-bond acceptors (Lipinski definition) is 5. The number of aromatic amines is 1.